The highest BCUT2D eigenvalue weighted by Crippen LogP contribution is 2.31. The van der Waals surface area contributed by atoms with Gasteiger partial charge in [-0.3, -0.25) is 0 Å². The van der Waals surface area contributed by atoms with Crippen molar-refractivity contribution in [3.8, 4) is 17.3 Å². The Hall–Kier alpha value is -2.57. The van der Waals surface area contributed by atoms with Crippen LogP contribution < -0.4 is 5.73 Å². The highest BCUT2D eigenvalue weighted by molar-refractivity contribution is 5.91. The molecular formula is C17H15N3. The van der Waals surface area contributed by atoms with Gasteiger partial charge in [0.25, 0.3) is 0 Å². The van der Waals surface area contributed by atoms with E-state index in [2.05, 4.69) is 23.2 Å². The number of aromatic amines is 1. The van der Waals surface area contributed by atoms with Gasteiger partial charge in [0.05, 0.1) is 11.6 Å². The van der Waals surface area contributed by atoms with E-state index < -0.39 is 0 Å². The smallest absolute Gasteiger partial charge is 0.0991 e. The number of benzene rings is 2. The molecular weight excluding hydrogens is 246 g/mol. The monoisotopic (exact) mass is 261 g/mol. The van der Waals surface area contributed by atoms with Crippen molar-refractivity contribution in [1.29, 1.82) is 5.26 Å². The van der Waals surface area contributed by atoms with Crippen LogP contribution in [0.5, 0.6) is 0 Å². The van der Waals surface area contributed by atoms with E-state index in [0.717, 1.165) is 28.6 Å². The summed E-state index contributed by atoms with van der Waals surface area (Å²) in [5.74, 6) is 0. The van der Waals surface area contributed by atoms with E-state index in [0.29, 0.717) is 12.1 Å². The van der Waals surface area contributed by atoms with Crippen molar-refractivity contribution in [2.24, 2.45) is 5.73 Å². The maximum Gasteiger partial charge on any atom is 0.0991 e. The van der Waals surface area contributed by atoms with E-state index in [1.54, 1.807) is 0 Å². The maximum atomic E-state index is 9.06. The molecule has 2 aromatic carbocycles. The molecule has 0 aliphatic heterocycles. The Morgan fingerprint density at radius 3 is 2.60 bits per heavy atom. The first-order valence-corrected chi connectivity index (χ1v) is 6.63. The third-order valence-corrected chi connectivity index (χ3v) is 3.49. The van der Waals surface area contributed by atoms with E-state index >= 15 is 0 Å². The number of aromatic nitrogens is 1. The molecule has 3 N–H and O–H groups in total. The number of nitrogens with one attached hydrogen (secondary N) is 1. The average molecular weight is 261 g/mol. The Labute approximate surface area is 117 Å². The minimum atomic E-state index is 0.587. The van der Waals surface area contributed by atoms with Gasteiger partial charge in [-0.1, -0.05) is 30.3 Å². The highest BCUT2D eigenvalue weighted by atomic mass is 14.7. The van der Waals surface area contributed by atoms with Crippen LogP contribution in [0.2, 0.25) is 0 Å². The number of nitrogens with two attached hydrogens (primary N) is 1. The van der Waals surface area contributed by atoms with Gasteiger partial charge in [-0.15, -0.1) is 0 Å². The number of hydrogen-bond acceptors (Lipinski definition) is 2. The van der Waals surface area contributed by atoms with Gasteiger partial charge in [0.15, 0.2) is 0 Å². The molecule has 0 atom stereocenters. The third kappa shape index (κ3) is 2.07. The summed E-state index contributed by atoms with van der Waals surface area (Å²) in [6.45, 7) is 0.587. The zero-order valence-corrected chi connectivity index (χ0v) is 11.1. The molecule has 3 aromatic rings. The molecule has 0 spiro atoms. The topological polar surface area (TPSA) is 65.6 Å². The van der Waals surface area contributed by atoms with E-state index in [4.69, 9.17) is 11.0 Å². The van der Waals surface area contributed by atoms with Crippen LogP contribution in [0.4, 0.5) is 0 Å². The minimum Gasteiger partial charge on any atom is -0.354 e. The van der Waals surface area contributed by atoms with Gasteiger partial charge >= 0.3 is 0 Å². The Morgan fingerprint density at radius 2 is 1.90 bits per heavy atom. The molecule has 0 bridgehead atoms. The first-order valence-electron chi connectivity index (χ1n) is 6.63. The van der Waals surface area contributed by atoms with Gasteiger partial charge in [-0.25, -0.2) is 0 Å². The van der Waals surface area contributed by atoms with E-state index in [-0.39, 0.29) is 0 Å². The summed E-state index contributed by atoms with van der Waals surface area (Å²) in [5.41, 5.74) is 10.9. The Morgan fingerprint density at radius 1 is 1.10 bits per heavy atom. The van der Waals surface area contributed by atoms with Gasteiger partial charge in [0, 0.05) is 16.6 Å². The molecule has 0 fully saturated rings. The molecule has 3 rings (SSSR count). The van der Waals surface area contributed by atoms with Crippen molar-refractivity contribution in [2.45, 2.75) is 6.42 Å². The fourth-order valence-electron chi connectivity index (χ4n) is 2.57. The lowest BCUT2D eigenvalue weighted by Crippen LogP contribution is -2.03. The molecule has 0 amide bonds. The molecule has 0 saturated carbocycles. The molecule has 0 aliphatic rings. The van der Waals surface area contributed by atoms with Gasteiger partial charge in [0.1, 0.15) is 0 Å². The number of nitrogens with zero attached hydrogens (tertiary/aromatic N) is 1. The molecule has 0 unspecified atom stereocenters. The lowest BCUT2D eigenvalue weighted by atomic mass is 10.0. The van der Waals surface area contributed by atoms with Crippen molar-refractivity contribution >= 4 is 10.9 Å². The maximum absolute atomic E-state index is 9.06. The van der Waals surface area contributed by atoms with Crippen molar-refractivity contribution < 1.29 is 0 Å². The van der Waals surface area contributed by atoms with Crippen LogP contribution in [0.3, 0.4) is 0 Å². The largest absolute Gasteiger partial charge is 0.354 e. The van der Waals surface area contributed by atoms with Crippen LogP contribution in [-0.4, -0.2) is 11.5 Å². The van der Waals surface area contributed by atoms with Crippen LogP contribution >= 0.6 is 0 Å². The lowest BCUT2D eigenvalue weighted by molar-refractivity contribution is 0.978. The van der Waals surface area contributed by atoms with Crippen molar-refractivity contribution in [3.63, 3.8) is 0 Å². The predicted octanol–water partition coefficient (Wildman–Crippen LogP) is 3.21. The minimum absolute atomic E-state index is 0.587. The first-order chi connectivity index (χ1) is 9.83. The summed E-state index contributed by atoms with van der Waals surface area (Å²) in [6, 6.07) is 18.1. The number of nitriles is 1. The van der Waals surface area contributed by atoms with Crippen LogP contribution in [0, 0.1) is 11.3 Å². The standard InChI is InChI=1S/C17H15N3/c18-9-8-14-15-10-12(11-19)6-7-16(15)20-17(14)13-4-2-1-3-5-13/h1-7,10,20H,8-9,18H2. The number of H-pyrrole nitrogens is 1. The first kappa shape index (κ1) is 12.5. The van der Waals surface area contributed by atoms with Crippen molar-refractivity contribution in [3.05, 3.63) is 59.7 Å². The summed E-state index contributed by atoms with van der Waals surface area (Å²) in [4.78, 5) is 3.45. The van der Waals surface area contributed by atoms with Crippen molar-refractivity contribution in [1.82, 2.24) is 4.98 Å². The highest BCUT2D eigenvalue weighted by Gasteiger charge is 2.12. The molecule has 1 heterocycles. The summed E-state index contributed by atoms with van der Waals surface area (Å²) in [7, 11) is 0. The SMILES string of the molecule is N#Cc1ccc2[nH]c(-c3ccccc3)c(CCN)c2c1. The predicted molar refractivity (Wildman–Crippen MR) is 81.2 cm³/mol. The normalized spacial score (nSPS) is 10.6. The van der Waals surface area contributed by atoms with E-state index in [1.165, 1.54) is 5.56 Å². The fourth-order valence-corrected chi connectivity index (χ4v) is 2.57. The molecule has 20 heavy (non-hydrogen) atoms. The fraction of sp³-hybridized carbons (Fsp3) is 0.118. The molecule has 98 valence electrons. The Kier molecular flexibility index (Phi) is 3.24. The quantitative estimate of drug-likeness (QED) is 0.760. The molecule has 0 radical (unpaired) electrons. The average Bonchev–Trinajstić information content (AvgIpc) is 2.86. The number of rotatable bonds is 3. The van der Waals surface area contributed by atoms with Crippen molar-refractivity contribution in [2.75, 3.05) is 6.54 Å². The second kappa shape index (κ2) is 5.20. The van der Waals surface area contributed by atoms with Gasteiger partial charge in [0.2, 0.25) is 0 Å². The van der Waals surface area contributed by atoms with Crippen LogP contribution in [0.25, 0.3) is 22.2 Å². The number of fused-ring (bicyclic) bond motifs is 1. The Balaban J connectivity index is 2.27. The number of hydrogen-bond donors (Lipinski definition) is 2. The summed E-state index contributed by atoms with van der Waals surface area (Å²) < 4.78 is 0. The van der Waals surface area contributed by atoms with Crippen LogP contribution in [0.15, 0.2) is 48.5 Å². The van der Waals surface area contributed by atoms with Crippen LogP contribution in [-0.2, 0) is 6.42 Å². The molecule has 3 heteroatoms. The molecule has 0 saturated heterocycles. The van der Waals surface area contributed by atoms with Crippen LogP contribution in [0.1, 0.15) is 11.1 Å². The van der Waals surface area contributed by atoms with E-state index in [1.807, 2.05) is 36.4 Å². The molecule has 0 aliphatic carbocycles. The van der Waals surface area contributed by atoms with Gasteiger partial charge in [-0.2, -0.15) is 5.26 Å². The summed E-state index contributed by atoms with van der Waals surface area (Å²) in [6.07, 6.45) is 0.791. The second-order valence-electron chi connectivity index (χ2n) is 4.76. The third-order valence-electron chi connectivity index (χ3n) is 3.49. The zero-order valence-electron chi connectivity index (χ0n) is 11.1. The van der Waals surface area contributed by atoms with Gasteiger partial charge < -0.3 is 10.7 Å². The zero-order chi connectivity index (χ0) is 13.9. The summed E-state index contributed by atoms with van der Waals surface area (Å²) in [5, 5.41) is 10.1. The summed E-state index contributed by atoms with van der Waals surface area (Å²) >= 11 is 0. The Bertz CT molecular complexity index is 779. The lowest BCUT2D eigenvalue weighted by Gasteiger charge is -2.03. The molecule has 3 nitrogen and oxygen atoms in total. The van der Waals surface area contributed by atoms with E-state index in [9.17, 15) is 0 Å². The second-order valence-corrected chi connectivity index (χ2v) is 4.76. The molecule has 1 aromatic heterocycles. The van der Waals surface area contributed by atoms with Gasteiger partial charge in [-0.05, 0) is 42.3 Å².